The van der Waals surface area contributed by atoms with Crippen LogP contribution in [0.2, 0.25) is 43.3 Å². The van der Waals surface area contributed by atoms with Crippen LogP contribution in [0.25, 0.3) is 0 Å². The molecule has 0 aromatic rings. The van der Waals surface area contributed by atoms with E-state index >= 15 is 0 Å². The first-order chi connectivity index (χ1) is 7.61. The van der Waals surface area contributed by atoms with Crippen molar-refractivity contribution in [2.24, 2.45) is 0 Å². The van der Waals surface area contributed by atoms with E-state index in [2.05, 4.69) is 6.92 Å². The van der Waals surface area contributed by atoms with Gasteiger partial charge in [0.25, 0.3) is 0 Å². The summed E-state index contributed by atoms with van der Waals surface area (Å²) in [6, 6.07) is 0. The van der Waals surface area contributed by atoms with Crippen LogP contribution in [-0.2, 0) is 6.51 Å². The summed E-state index contributed by atoms with van der Waals surface area (Å²) in [7, 11) is 1.51. The van der Waals surface area contributed by atoms with Crippen molar-refractivity contribution in [3.8, 4) is 0 Å². The van der Waals surface area contributed by atoms with Crippen molar-refractivity contribution in [2.75, 3.05) is 6.16 Å². The van der Waals surface area contributed by atoms with Crippen molar-refractivity contribution in [1.29, 1.82) is 0 Å². The summed E-state index contributed by atoms with van der Waals surface area (Å²) in [6.45, 7) is -0.183. The second kappa shape index (κ2) is 0.518. The monoisotopic (exact) mass is 274 g/mol. The second-order valence-electron chi connectivity index (χ2n) is 11.0. The molecule has 10 saturated heterocycles. The van der Waals surface area contributed by atoms with E-state index in [1.165, 1.54) is 19.1 Å². The van der Waals surface area contributed by atoms with Crippen LogP contribution in [-0.4, -0.2) is 10.2 Å². The number of hydrogen-bond acceptors (Lipinski definition) is 0. The topological polar surface area (TPSA) is 0 Å². The normalized spacial score (nSPS) is 127. The molecule has 10 rings (SSSR count). The molecule has 0 radical (unpaired) electrons. The molecule has 16 heavy (non-hydrogen) atoms. The first-order valence-electron chi connectivity index (χ1n) is 7.57. The van der Waals surface area contributed by atoms with Crippen molar-refractivity contribution in [3.05, 3.63) is 0 Å². The van der Waals surface area contributed by atoms with Gasteiger partial charge in [0.1, 0.15) is 0 Å². The molecule has 5 unspecified atom stereocenters. The van der Waals surface area contributed by atoms with Crippen molar-refractivity contribution in [2.45, 2.75) is 67.2 Å². The number of fused-ring (bicyclic) bond motifs is 10. The predicted molar refractivity (Wildman–Crippen MR) is 64.6 cm³/mol. The Morgan fingerprint density at radius 1 is 0.938 bits per heavy atom. The molecule has 10 aliphatic heterocycles. The van der Waals surface area contributed by atoms with Gasteiger partial charge in [0.15, 0.2) is 0 Å². The van der Waals surface area contributed by atoms with E-state index in [1.807, 2.05) is 0 Å². The van der Waals surface area contributed by atoms with Crippen LogP contribution in [0.4, 0.5) is 0 Å². The van der Waals surface area contributed by atoms with Gasteiger partial charge >= 0.3 is 88.4 Å². The molecule has 10 heterocycles. The first kappa shape index (κ1) is 6.40. The van der Waals surface area contributed by atoms with Crippen LogP contribution in [0.3, 0.4) is 0 Å². The standard InChI is InChI=1S/C9H14P.C5H5.Fe/c1-2-3-8-10-9-6-4-5-7-9;1-2-4-5-3-1;/h4-7,10H,2-3,8H2,1H3;1-5H;. The molecular formula is C14H19FeP. The van der Waals surface area contributed by atoms with Gasteiger partial charge in [-0.2, -0.15) is 0 Å². The zero-order valence-electron chi connectivity index (χ0n) is 9.67. The molecule has 0 amide bonds. The summed E-state index contributed by atoms with van der Waals surface area (Å²) in [4.78, 5) is 14.1. The van der Waals surface area contributed by atoms with E-state index in [-0.39, 0.29) is 0 Å². The fourth-order valence-corrected chi connectivity index (χ4v) is 104. The van der Waals surface area contributed by atoms with E-state index in [0.717, 1.165) is 0 Å². The quantitative estimate of drug-likeness (QED) is 0.394. The van der Waals surface area contributed by atoms with E-state index in [0.29, 0.717) is 0 Å². The van der Waals surface area contributed by atoms with Gasteiger partial charge in [-0.25, -0.2) is 0 Å². The van der Waals surface area contributed by atoms with Crippen molar-refractivity contribution in [3.63, 3.8) is 0 Å². The van der Waals surface area contributed by atoms with Gasteiger partial charge in [0, 0.05) is 0 Å². The van der Waals surface area contributed by atoms with Crippen molar-refractivity contribution in [1.82, 2.24) is 0 Å². The van der Waals surface area contributed by atoms with Gasteiger partial charge in [-0.3, -0.25) is 0 Å². The molecule has 1 spiro atoms. The number of hydrogen-bond donors (Lipinski definition) is 0. The van der Waals surface area contributed by atoms with Crippen LogP contribution in [0.1, 0.15) is 19.8 Å². The molecule has 0 bridgehead atoms. The Bertz CT molecular complexity index is 818. The summed E-state index contributed by atoms with van der Waals surface area (Å²) >= 11 is 0. The van der Waals surface area contributed by atoms with Crippen molar-refractivity contribution >= 4 is 8.58 Å². The van der Waals surface area contributed by atoms with Gasteiger partial charge in [-0.1, -0.05) is 0 Å². The van der Waals surface area contributed by atoms with E-state index in [1.54, 1.807) is 55.9 Å². The Morgan fingerprint density at radius 2 is 1.50 bits per heavy atom. The summed E-state index contributed by atoms with van der Waals surface area (Å²) in [6.07, 6.45) is 4.69. The SMILES string of the molecule is CCCCP[C]12[CH]3[CH]4[CH]5[CH]1[Fe]45321678[CH]2[CH]1[CH]6[CH]7[CH]28. The maximum atomic E-state index is 2.39. The molecule has 0 aromatic carbocycles. The summed E-state index contributed by atoms with van der Waals surface area (Å²) in [5.74, 6) is 0. The fraction of sp³-hybridized carbons (Fsp3) is 1.00. The maximum absolute atomic E-state index is 2.57. The van der Waals surface area contributed by atoms with Gasteiger partial charge in [0.05, 0.1) is 0 Å². The van der Waals surface area contributed by atoms with Crippen LogP contribution in [0.15, 0.2) is 0 Å². The molecular weight excluding hydrogens is 255 g/mol. The van der Waals surface area contributed by atoms with E-state index in [4.69, 9.17) is 0 Å². The van der Waals surface area contributed by atoms with E-state index in [9.17, 15) is 0 Å². The molecule has 88 valence electrons. The molecule has 0 aromatic heterocycles. The Kier molecular flexibility index (Phi) is 0.207. The third-order valence-corrected chi connectivity index (χ3v) is 64.3. The van der Waals surface area contributed by atoms with Crippen molar-refractivity contribution < 1.29 is 6.51 Å². The van der Waals surface area contributed by atoms with Crippen LogP contribution in [0.5, 0.6) is 0 Å². The van der Waals surface area contributed by atoms with Gasteiger partial charge in [-0.05, 0) is 0 Å². The number of unbranched alkanes of at least 4 members (excludes halogenated alkanes) is 1. The third kappa shape index (κ3) is 0.0601. The van der Waals surface area contributed by atoms with Crippen LogP contribution < -0.4 is 0 Å². The number of rotatable bonds is 4. The first-order valence-corrected chi connectivity index (χ1v) is 15.1. The summed E-state index contributed by atoms with van der Waals surface area (Å²) < 4.78 is 1.27. The Hall–Kier alpha value is 0.949. The molecule has 10 fully saturated rings. The Balaban J connectivity index is 1.46. The molecule has 5 atom stereocenters. The van der Waals surface area contributed by atoms with Crippen LogP contribution >= 0.6 is 8.58 Å². The van der Waals surface area contributed by atoms with Gasteiger partial charge < -0.3 is 0 Å². The predicted octanol–water partition coefficient (Wildman–Crippen LogP) is 4.76. The third-order valence-electron chi connectivity index (χ3n) is 15.6. The average molecular weight is 274 g/mol. The zero-order chi connectivity index (χ0) is 9.84. The second-order valence-corrected chi connectivity index (χ2v) is 36.7. The minimum absolute atomic E-state index is 1.27. The molecule has 2 heteroatoms. The molecule has 0 N–H and O–H groups in total. The Labute approximate surface area is 88.4 Å². The molecule has 10 aliphatic rings. The minimum atomic E-state index is -2.57. The fourth-order valence-electron chi connectivity index (χ4n) is 17.1. The Morgan fingerprint density at radius 3 is 1.81 bits per heavy atom. The van der Waals surface area contributed by atoms with E-state index < -0.39 is 6.51 Å². The summed E-state index contributed by atoms with van der Waals surface area (Å²) in [5.41, 5.74) is 0. The van der Waals surface area contributed by atoms with Crippen LogP contribution in [0, 0.1) is 0 Å². The average Bonchev–Trinajstić information content (AvgIpc) is 3.24. The van der Waals surface area contributed by atoms with Gasteiger partial charge in [-0.15, -0.1) is 0 Å². The molecule has 0 aliphatic carbocycles. The summed E-state index contributed by atoms with van der Waals surface area (Å²) in [5, 5.41) is 0. The molecule has 0 saturated carbocycles. The molecule has 0 nitrogen and oxygen atoms in total. The zero-order valence-corrected chi connectivity index (χ0v) is 11.8. The van der Waals surface area contributed by atoms with Gasteiger partial charge in [0.2, 0.25) is 0 Å².